The molecule has 2 N–H and O–H groups in total. The van der Waals surface area contributed by atoms with Crippen molar-refractivity contribution in [2.24, 2.45) is 0 Å². The molecule has 0 aliphatic carbocycles. The number of hydrogen-bond acceptors (Lipinski definition) is 6. The smallest absolute Gasteiger partial charge is 0.250 e. The van der Waals surface area contributed by atoms with Crippen molar-refractivity contribution in [3.05, 3.63) is 59.7 Å². The fraction of sp³-hybridized carbons (Fsp3) is 0.409. The van der Waals surface area contributed by atoms with Gasteiger partial charge in [-0.3, -0.25) is 14.9 Å². The van der Waals surface area contributed by atoms with E-state index in [0.29, 0.717) is 31.0 Å². The minimum absolute atomic E-state index is 0.0306. The highest BCUT2D eigenvalue weighted by molar-refractivity contribution is 5.78. The summed E-state index contributed by atoms with van der Waals surface area (Å²) in [7, 11) is 3.09. The fourth-order valence-electron chi connectivity index (χ4n) is 3.64. The average molecular weight is 400 g/mol. The standard InChI is InChI=1S/C22H28N2O5/c1-28-20-9-8-16(12-21(20)29-2)13-22(26)24(27)19(17-6-4-3-5-7-17)15-23-11-10-18(25)14-23/h3-9,12,18-19,25,27H,10-11,13-15H2,1-2H3/t18-,19+/m0/s1. The van der Waals surface area contributed by atoms with Gasteiger partial charge in [-0.05, 0) is 29.7 Å². The van der Waals surface area contributed by atoms with Gasteiger partial charge >= 0.3 is 0 Å². The van der Waals surface area contributed by atoms with Crippen molar-refractivity contribution < 1.29 is 24.6 Å². The highest BCUT2D eigenvalue weighted by Crippen LogP contribution is 2.29. The molecule has 1 heterocycles. The van der Waals surface area contributed by atoms with E-state index in [2.05, 4.69) is 4.90 Å². The summed E-state index contributed by atoms with van der Waals surface area (Å²) in [5.41, 5.74) is 1.56. The van der Waals surface area contributed by atoms with E-state index in [9.17, 15) is 15.1 Å². The number of carbonyl (C=O) groups is 1. The fourth-order valence-corrected chi connectivity index (χ4v) is 3.64. The van der Waals surface area contributed by atoms with E-state index in [0.717, 1.165) is 22.7 Å². The van der Waals surface area contributed by atoms with E-state index in [-0.39, 0.29) is 12.5 Å². The summed E-state index contributed by atoms with van der Waals surface area (Å²) >= 11 is 0. The Balaban J connectivity index is 1.76. The van der Waals surface area contributed by atoms with Crippen molar-refractivity contribution in [3.63, 3.8) is 0 Å². The number of ether oxygens (including phenoxy) is 2. The Morgan fingerprint density at radius 1 is 1.17 bits per heavy atom. The molecule has 156 valence electrons. The van der Waals surface area contributed by atoms with Gasteiger partial charge in [-0.25, -0.2) is 5.06 Å². The molecular weight excluding hydrogens is 372 g/mol. The second-order valence-electron chi connectivity index (χ2n) is 7.23. The zero-order chi connectivity index (χ0) is 20.8. The first-order chi connectivity index (χ1) is 14.0. The van der Waals surface area contributed by atoms with Crippen LogP contribution in [0.15, 0.2) is 48.5 Å². The number of rotatable bonds is 8. The number of aliphatic hydroxyl groups is 1. The van der Waals surface area contributed by atoms with Crippen molar-refractivity contribution >= 4 is 5.91 Å². The molecule has 1 aliphatic heterocycles. The Kier molecular flexibility index (Phi) is 7.09. The Morgan fingerprint density at radius 3 is 2.52 bits per heavy atom. The van der Waals surface area contributed by atoms with Crippen molar-refractivity contribution in [2.75, 3.05) is 33.9 Å². The molecule has 0 saturated carbocycles. The number of amides is 1. The molecule has 0 aromatic heterocycles. The first-order valence-corrected chi connectivity index (χ1v) is 9.69. The lowest BCUT2D eigenvalue weighted by atomic mass is 10.0. The quantitative estimate of drug-likeness (QED) is 0.523. The summed E-state index contributed by atoms with van der Waals surface area (Å²) in [6.45, 7) is 1.73. The molecule has 0 radical (unpaired) electrons. The number of carbonyl (C=O) groups excluding carboxylic acids is 1. The van der Waals surface area contributed by atoms with E-state index in [1.807, 2.05) is 30.3 Å². The van der Waals surface area contributed by atoms with E-state index >= 15 is 0 Å². The molecular formula is C22H28N2O5. The number of likely N-dealkylation sites (tertiary alicyclic amines) is 1. The van der Waals surface area contributed by atoms with Crippen LogP contribution < -0.4 is 9.47 Å². The maximum absolute atomic E-state index is 12.9. The summed E-state index contributed by atoms with van der Waals surface area (Å²) in [5, 5.41) is 21.4. The predicted molar refractivity (Wildman–Crippen MR) is 108 cm³/mol. The molecule has 1 amide bonds. The topological polar surface area (TPSA) is 82.5 Å². The van der Waals surface area contributed by atoms with E-state index in [4.69, 9.17) is 9.47 Å². The van der Waals surface area contributed by atoms with Gasteiger partial charge in [0.05, 0.1) is 32.8 Å². The van der Waals surface area contributed by atoms with Gasteiger partial charge in [-0.2, -0.15) is 0 Å². The summed E-state index contributed by atoms with van der Waals surface area (Å²) in [4.78, 5) is 14.9. The molecule has 29 heavy (non-hydrogen) atoms. The van der Waals surface area contributed by atoms with Crippen molar-refractivity contribution in [2.45, 2.75) is 25.0 Å². The van der Waals surface area contributed by atoms with Crippen molar-refractivity contribution in [1.29, 1.82) is 0 Å². The first-order valence-electron chi connectivity index (χ1n) is 9.69. The SMILES string of the molecule is COc1ccc(CC(=O)N(O)[C@H](CN2CC[C@H](O)C2)c2ccccc2)cc1OC. The number of hydroxylamine groups is 2. The minimum atomic E-state index is -0.519. The highest BCUT2D eigenvalue weighted by atomic mass is 16.5. The van der Waals surface area contributed by atoms with Gasteiger partial charge in [0, 0.05) is 19.6 Å². The van der Waals surface area contributed by atoms with Gasteiger partial charge in [-0.1, -0.05) is 36.4 Å². The Labute approximate surface area is 171 Å². The Morgan fingerprint density at radius 2 is 1.90 bits per heavy atom. The van der Waals surface area contributed by atoms with Gasteiger partial charge in [0.2, 0.25) is 0 Å². The van der Waals surface area contributed by atoms with Crippen LogP contribution in [0, 0.1) is 0 Å². The summed E-state index contributed by atoms with van der Waals surface area (Å²) in [6.07, 6.45) is 0.371. The van der Waals surface area contributed by atoms with Gasteiger partial charge in [0.1, 0.15) is 0 Å². The van der Waals surface area contributed by atoms with Crippen LogP contribution in [0.3, 0.4) is 0 Å². The molecule has 0 bridgehead atoms. The summed E-state index contributed by atoms with van der Waals surface area (Å²) in [6, 6.07) is 14.2. The first kappa shape index (κ1) is 21.1. The molecule has 7 nitrogen and oxygen atoms in total. The number of aliphatic hydroxyl groups excluding tert-OH is 1. The van der Waals surface area contributed by atoms with Gasteiger partial charge in [0.25, 0.3) is 5.91 Å². The van der Waals surface area contributed by atoms with Crippen LogP contribution in [0.5, 0.6) is 11.5 Å². The number of β-amino-alcohol motifs (C(OH)–C–C–N with tert-alkyl or cyclic N) is 1. The third kappa shape index (κ3) is 5.26. The normalized spacial score (nSPS) is 17.7. The van der Waals surface area contributed by atoms with Crippen molar-refractivity contribution in [1.82, 2.24) is 9.96 Å². The number of benzene rings is 2. The molecule has 2 aromatic rings. The predicted octanol–water partition coefficient (Wildman–Crippen LogP) is 2.27. The molecule has 0 spiro atoms. The van der Waals surface area contributed by atoms with Crippen LogP contribution in [0.2, 0.25) is 0 Å². The van der Waals surface area contributed by atoms with Crippen molar-refractivity contribution in [3.8, 4) is 11.5 Å². The third-order valence-electron chi connectivity index (χ3n) is 5.22. The zero-order valence-corrected chi connectivity index (χ0v) is 16.8. The third-order valence-corrected chi connectivity index (χ3v) is 5.22. The zero-order valence-electron chi connectivity index (χ0n) is 16.8. The van der Waals surface area contributed by atoms with E-state index in [1.165, 1.54) is 7.11 Å². The van der Waals surface area contributed by atoms with Gasteiger partial charge < -0.3 is 14.6 Å². The van der Waals surface area contributed by atoms with E-state index < -0.39 is 11.9 Å². The van der Waals surface area contributed by atoms with Crippen LogP contribution in [0.1, 0.15) is 23.6 Å². The Bertz CT molecular complexity index is 814. The molecule has 7 heteroatoms. The maximum Gasteiger partial charge on any atom is 0.250 e. The lowest BCUT2D eigenvalue weighted by Gasteiger charge is -2.30. The summed E-state index contributed by atoms with van der Waals surface area (Å²) < 4.78 is 10.5. The lowest BCUT2D eigenvalue weighted by molar-refractivity contribution is -0.177. The molecule has 1 aliphatic rings. The van der Waals surface area contributed by atoms with Crippen LogP contribution in [-0.2, 0) is 11.2 Å². The molecule has 1 fully saturated rings. The molecule has 1 saturated heterocycles. The van der Waals surface area contributed by atoms with Crippen LogP contribution >= 0.6 is 0 Å². The van der Waals surface area contributed by atoms with Gasteiger partial charge in [-0.15, -0.1) is 0 Å². The molecule has 3 rings (SSSR count). The monoisotopic (exact) mass is 400 g/mol. The summed E-state index contributed by atoms with van der Waals surface area (Å²) in [5.74, 6) is 0.707. The van der Waals surface area contributed by atoms with Crippen LogP contribution in [0.25, 0.3) is 0 Å². The molecule has 2 aromatic carbocycles. The lowest BCUT2D eigenvalue weighted by Crippen LogP contribution is -2.40. The van der Waals surface area contributed by atoms with E-state index in [1.54, 1.807) is 25.3 Å². The highest BCUT2D eigenvalue weighted by Gasteiger charge is 2.29. The molecule has 0 unspecified atom stereocenters. The minimum Gasteiger partial charge on any atom is -0.493 e. The number of hydrogen-bond donors (Lipinski definition) is 2. The van der Waals surface area contributed by atoms with Crippen LogP contribution in [-0.4, -0.2) is 66.1 Å². The maximum atomic E-state index is 12.9. The largest absolute Gasteiger partial charge is 0.493 e. The number of nitrogens with zero attached hydrogens (tertiary/aromatic N) is 2. The average Bonchev–Trinajstić information content (AvgIpc) is 3.16. The Hall–Kier alpha value is -2.61. The number of methoxy groups -OCH3 is 2. The van der Waals surface area contributed by atoms with Crippen LogP contribution in [0.4, 0.5) is 0 Å². The second kappa shape index (κ2) is 9.73. The molecule has 2 atom stereocenters. The van der Waals surface area contributed by atoms with Gasteiger partial charge in [0.15, 0.2) is 11.5 Å². The second-order valence-corrected chi connectivity index (χ2v) is 7.23.